The standard InChI is InChI=1S/C21H35NO10P2/c1-6-27-33(25,28-7-2)31-16-18(32-34(26,29-8-3)30-9-4)14-15-21(24)19-12-10-11-13-20(19)22-17(5)23/h10-13,18H,6-9,14-16H2,1-5H3,(H,22,23). The van der Waals surface area contributed by atoms with Crippen molar-refractivity contribution in [1.82, 2.24) is 0 Å². The van der Waals surface area contributed by atoms with Crippen molar-refractivity contribution in [1.29, 1.82) is 0 Å². The van der Waals surface area contributed by atoms with Crippen molar-refractivity contribution in [3.63, 3.8) is 0 Å². The molecule has 1 unspecified atom stereocenters. The molecule has 1 aromatic carbocycles. The Morgan fingerprint density at radius 2 is 1.38 bits per heavy atom. The first-order valence-corrected chi connectivity index (χ1v) is 14.0. The second-order valence-corrected chi connectivity index (χ2v) is 10.1. The van der Waals surface area contributed by atoms with Gasteiger partial charge in [-0.15, -0.1) is 0 Å². The highest BCUT2D eigenvalue weighted by molar-refractivity contribution is 7.48. The Morgan fingerprint density at radius 3 is 1.91 bits per heavy atom. The summed E-state index contributed by atoms with van der Waals surface area (Å²) in [5.41, 5.74) is 0.685. The maximum Gasteiger partial charge on any atom is 0.475 e. The van der Waals surface area contributed by atoms with Gasteiger partial charge in [0.1, 0.15) is 0 Å². The van der Waals surface area contributed by atoms with Crippen molar-refractivity contribution >= 4 is 33.0 Å². The van der Waals surface area contributed by atoms with E-state index in [9.17, 15) is 18.7 Å². The molecule has 0 aliphatic heterocycles. The predicted octanol–water partition coefficient (Wildman–Crippen LogP) is 5.37. The number of phosphoric ester groups is 2. The van der Waals surface area contributed by atoms with Crippen LogP contribution in [0.4, 0.5) is 5.69 Å². The minimum atomic E-state index is -3.97. The summed E-state index contributed by atoms with van der Waals surface area (Å²) in [5.74, 6) is -0.606. The first-order chi connectivity index (χ1) is 16.1. The van der Waals surface area contributed by atoms with Gasteiger partial charge in [-0.1, -0.05) is 12.1 Å². The number of para-hydroxylation sites is 1. The molecular weight excluding hydrogens is 488 g/mol. The number of hydrogen-bond donors (Lipinski definition) is 1. The first kappa shape index (κ1) is 30.6. The Balaban J connectivity index is 3.04. The molecule has 0 spiro atoms. The summed E-state index contributed by atoms with van der Waals surface area (Å²) >= 11 is 0. The maximum atomic E-state index is 12.9. The maximum absolute atomic E-state index is 12.9. The molecule has 0 aliphatic carbocycles. The van der Waals surface area contributed by atoms with E-state index in [-0.39, 0.29) is 57.6 Å². The van der Waals surface area contributed by atoms with E-state index in [0.717, 1.165) is 0 Å². The summed E-state index contributed by atoms with van der Waals surface area (Å²) in [5, 5.41) is 2.62. The van der Waals surface area contributed by atoms with Gasteiger partial charge in [-0.05, 0) is 46.2 Å². The van der Waals surface area contributed by atoms with Crippen LogP contribution in [0.5, 0.6) is 0 Å². The number of hydrogen-bond acceptors (Lipinski definition) is 10. The second-order valence-electron chi connectivity index (χ2n) is 6.78. The Hall–Kier alpha value is -1.42. The molecule has 1 aromatic rings. The Bertz CT molecular complexity index is 859. The minimum Gasteiger partial charge on any atom is -0.326 e. The number of phosphoric acid groups is 2. The fourth-order valence-corrected chi connectivity index (χ4v) is 5.38. The molecule has 0 aliphatic rings. The molecule has 0 aromatic heterocycles. The lowest BCUT2D eigenvalue weighted by molar-refractivity contribution is -0.114. The van der Waals surface area contributed by atoms with Crippen molar-refractivity contribution in [3.8, 4) is 0 Å². The molecular formula is C21H35NO10P2. The van der Waals surface area contributed by atoms with Crippen molar-refractivity contribution in [2.45, 2.75) is 53.6 Å². The zero-order valence-electron chi connectivity index (χ0n) is 20.3. The summed E-state index contributed by atoms with van der Waals surface area (Å²) in [6, 6.07) is 6.57. The van der Waals surface area contributed by atoms with Crippen LogP contribution in [0.3, 0.4) is 0 Å². The fraction of sp³-hybridized carbons (Fsp3) is 0.619. The van der Waals surface area contributed by atoms with Gasteiger partial charge < -0.3 is 5.32 Å². The van der Waals surface area contributed by atoms with Gasteiger partial charge in [0.2, 0.25) is 5.91 Å². The SMILES string of the molecule is CCOP(=O)(OCC)OCC(CCC(=O)c1ccccc1NC(C)=O)OP(=O)(OCC)OCC. The molecule has 1 amide bonds. The van der Waals surface area contributed by atoms with Crippen molar-refractivity contribution in [3.05, 3.63) is 29.8 Å². The number of carbonyl (C=O) groups excluding carboxylic acids is 2. The highest BCUT2D eigenvalue weighted by Crippen LogP contribution is 2.53. The van der Waals surface area contributed by atoms with E-state index < -0.39 is 21.7 Å². The molecule has 1 N–H and O–H groups in total. The van der Waals surface area contributed by atoms with E-state index in [0.29, 0.717) is 11.3 Å². The third-order valence-corrected chi connectivity index (χ3v) is 7.40. The second kappa shape index (κ2) is 15.5. The number of rotatable bonds is 18. The lowest BCUT2D eigenvalue weighted by atomic mass is 10.0. The molecule has 0 bridgehead atoms. The summed E-state index contributed by atoms with van der Waals surface area (Å²) in [7, 11) is -7.85. The van der Waals surface area contributed by atoms with Gasteiger partial charge in [0.25, 0.3) is 0 Å². The van der Waals surface area contributed by atoms with E-state index in [1.165, 1.54) is 6.92 Å². The van der Waals surface area contributed by atoms with Crippen molar-refractivity contribution in [2.24, 2.45) is 0 Å². The van der Waals surface area contributed by atoms with Crippen LogP contribution in [-0.2, 0) is 41.1 Å². The van der Waals surface area contributed by atoms with Gasteiger partial charge >= 0.3 is 15.6 Å². The summed E-state index contributed by atoms with van der Waals surface area (Å²) in [4.78, 5) is 24.3. The van der Waals surface area contributed by atoms with Crippen LogP contribution in [-0.4, -0.2) is 50.8 Å². The molecule has 0 saturated carbocycles. The monoisotopic (exact) mass is 523 g/mol. The first-order valence-electron chi connectivity index (χ1n) is 11.1. The lowest BCUT2D eigenvalue weighted by Crippen LogP contribution is -2.22. The van der Waals surface area contributed by atoms with Crippen LogP contribution < -0.4 is 5.32 Å². The molecule has 0 radical (unpaired) electrons. The normalized spacial score (nSPS) is 13.0. The number of carbonyl (C=O) groups is 2. The van der Waals surface area contributed by atoms with Gasteiger partial charge in [0, 0.05) is 18.9 Å². The highest BCUT2D eigenvalue weighted by Gasteiger charge is 2.33. The van der Waals surface area contributed by atoms with Crippen LogP contribution in [0, 0.1) is 0 Å². The number of anilines is 1. The number of ketones is 1. The molecule has 1 atom stereocenters. The van der Waals surface area contributed by atoms with Crippen molar-refractivity contribution in [2.75, 3.05) is 38.4 Å². The number of Topliss-reactive ketones (excluding diaryl/α,β-unsaturated/α-hetero) is 1. The molecule has 0 heterocycles. The van der Waals surface area contributed by atoms with Crippen LogP contribution in [0.2, 0.25) is 0 Å². The number of amides is 1. The summed E-state index contributed by atoms with van der Waals surface area (Å²) in [6.45, 7) is 7.78. The average Bonchev–Trinajstić information content (AvgIpc) is 2.76. The molecule has 11 nitrogen and oxygen atoms in total. The number of nitrogens with one attached hydrogen (secondary N) is 1. The van der Waals surface area contributed by atoms with Gasteiger partial charge in [-0.3, -0.25) is 36.7 Å². The van der Waals surface area contributed by atoms with Gasteiger partial charge in [0.05, 0.1) is 44.8 Å². The van der Waals surface area contributed by atoms with Crippen LogP contribution in [0.25, 0.3) is 0 Å². The molecule has 13 heteroatoms. The third kappa shape index (κ3) is 10.9. The Kier molecular flexibility index (Phi) is 14.0. The zero-order chi connectivity index (χ0) is 25.6. The summed E-state index contributed by atoms with van der Waals surface area (Å²) < 4.78 is 57.1. The molecule has 0 saturated heterocycles. The average molecular weight is 523 g/mol. The van der Waals surface area contributed by atoms with Crippen LogP contribution >= 0.6 is 15.6 Å². The smallest absolute Gasteiger partial charge is 0.326 e. The zero-order valence-corrected chi connectivity index (χ0v) is 22.1. The fourth-order valence-electron chi connectivity index (χ4n) is 2.82. The van der Waals surface area contributed by atoms with Crippen LogP contribution in [0.15, 0.2) is 24.3 Å². The Labute approximate surface area is 201 Å². The lowest BCUT2D eigenvalue weighted by Gasteiger charge is -2.25. The topological polar surface area (TPSA) is 136 Å². The molecule has 194 valence electrons. The quantitative estimate of drug-likeness (QED) is 0.197. The minimum absolute atomic E-state index is 0.0234. The van der Waals surface area contributed by atoms with Gasteiger partial charge in [0.15, 0.2) is 5.78 Å². The predicted molar refractivity (Wildman–Crippen MR) is 127 cm³/mol. The number of benzene rings is 1. The van der Waals surface area contributed by atoms with Crippen LogP contribution in [0.1, 0.15) is 57.8 Å². The van der Waals surface area contributed by atoms with Gasteiger partial charge in [-0.2, -0.15) is 0 Å². The third-order valence-electron chi connectivity index (χ3n) is 4.08. The van der Waals surface area contributed by atoms with E-state index in [1.54, 1.807) is 52.0 Å². The highest BCUT2D eigenvalue weighted by atomic mass is 31.2. The molecule has 1 rings (SSSR count). The van der Waals surface area contributed by atoms with E-state index in [4.69, 9.17) is 27.1 Å². The van der Waals surface area contributed by atoms with E-state index in [2.05, 4.69) is 5.32 Å². The largest absolute Gasteiger partial charge is 0.475 e. The van der Waals surface area contributed by atoms with E-state index in [1.807, 2.05) is 0 Å². The van der Waals surface area contributed by atoms with E-state index >= 15 is 0 Å². The van der Waals surface area contributed by atoms with Crippen molar-refractivity contribution < 1.29 is 45.9 Å². The Morgan fingerprint density at radius 1 is 0.853 bits per heavy atom. The summed E-state index contributed by atoms with van der Waals surface area (Å²) in [6.07, 6.45) is -1.04. The van der Waals surface area contributed by atoms with Gasteiger partial charge in [-0.25, -0.2) is 9.13 Å². The molecule has 34 heavy (non-hydrogen) atoms. The molecule has 0 fully saturated rings.